The summed E-state index contributed by atoms with van der Waals surface area (Å²) in [6, 6.07) is 6.22. The third-order valence-electron chi connectivity index (χ3n) is 3.70. The molecule has 0 fully saturated rings. The number of nitrogens with one attached hydrogen (secondary N) is 1. The minimum Gasteiger partial charge on any atom is -0.496 e. The third-order valence-corrected chi connectivity index (χ3v) is 3.70. The van der Waals surface area contributed by atoms with Gasteiger partial charge in [-0.2, -0.15) is 0 Å². The highest BCUT2D eigenvalue weighted by atomic mass is 16.5. The number of benzene rings is 1. The first kappa shape index (κ1) is 17.1. The van der Waals surface area contributed by atoms with Crippen molar-refractivity contribution in [1.82, 2.24) is 9.97 Å². The van der Waals surface area contributed by atoms with Crippen molar-refractivity contribution in [2.45, 2.75) is 33.6 Å². The first-order chi connectivity index (χ1) is 11.0. The number of aromatic nitrogens is 2. The second-order valence-electron chi connectivity index (χ2n) is 5.61. The van der Waals surface area contributed by atoms with Crippen LogP contribution in [0.5, 0.6) is 11.6 Å². The second kappa shape index (κ2) is 7.31. The standard InChI is InChI=1S/C18H25N3O2/c1-7-23-18-17(19-5)21-16(12(4)20-18)14-9-8-13(11(2)3)10-15(14)22-6/h8-11H,7H2,1-6H3,(H,19,21). The van der Waals surface area contributed by atoms with E-state index >= 15 is 0 Å². The maximum absolute atomic E-state index is 5.58. The number of aryl methyl sites for hydroxylation is 1. The molecule has 0 saturated carbocycles. The molecule has 124 valence electrons. The lowest BCUT2D eigenvalue weighted by Gasteiger charge is -2.16. The summed E-state index contributed by atoms with van der Waals surface area (Å²) in [6.45, 7) is 8.73. The zero-order valence-corrected chi connectivity index (χ0v) is 14.7. The monoisotopic (exact) mass is 315 g/mol. The molecule has 2 aromatic rings. The van der Waals surface area contributed by atoms with E-state index in [0.717, 1.165) is 22.7 Å². The summed E-state index contributed by atoms with van der Waals surface area (Å²) in [5.41, 5.74) is 3.77. The summed E-state index contributed by atoms with van der Waals surface area (Å²) in [5, 5.41) is 3.05. The molecule has 5 nitrogen and oxygen atoms in total. The summed E-state index contributed by atoms with van der Waals surface area (Å²) < 4.78 is 11.1. The Labute approximate surface area is 138 Å². The summed E-state index contributed by atoms with van der Waals surface area (Å²) in [5.74, 6) is 2.40. The Morgan fingerprint density at radius 2 is 1.96 bits per heavy atom. The van der Waals surface area contributed by atoms with Crippen molar-refractivity contribution >= 4 is 5.82 Å². The van der Waals surface area contributed by atoms with Gasteiger partial charge in [0.05, 0.1) is 25.1 Å². The van der Waals surface area contributed by atoms with Gasteiger partial charge in [-0.3, -0.25) is 0 Å². The van der Waals surface area contributed by atoms with Crippen LogP contribution in [0.15, 0.2) is 18.2 Å². The summed E-state index contributed by atoms with van der Waals surface area (Å²) >= 11 is 0. The van der Waals surface area contributed by atoms with E-state index in [1.54, 1.807) is 7.11 Å². The van der Waals surface area contributed by atoms with Crippen LogP contribution in [0.1, 0.15) is 37.9 Å². The molecule has 1 aromatic heterocycles. The molecule has 1 heterocycles. The summed E-state index contributed by atoms with van der Waals surface area (Å²) in [4.78, 5) is 9.22. The van der Waals surface area contributed by atoms with Crippen LogP contribution in [-0.4, -0.2) is 30.7 Å². The topological polar surface area (TPSA) is 56.3 Å². The lowest BCUT2D eigenvalue weighted by atomic mass is 9.99. The number of nitrogens with zero attached hydrogens (tertiary/aromatic N) is 2. The van der Waals surface area contributed by atoms with E-state index in [0.29, 0.717) is 24.2 Å². The predicted octanol–water partition coefficient (Wildman–Crippen LogP) is 4.02. The average Bonchev–Trinajstić information content (AvgIpc) is 2.55. The molecule has 0 amide bonds. The van der Waals surface area contributed by atoms with E-state index in [2.05, 4.69) is 41.3 Å². The number of ether oxygens (including phenoxy) is 2. The fourth-order valence-corrected chi connectivity index (χ4v) is 2.42. The molecular weight excluding hydrogens is 290 g/mol. The predicted molar refractivity (Wildman–Crippen MR) is 93.6 cm³/mol. The van der Waals surface area contributed by atoms with Crippen molar-refractivity contribution in [1.29, 1.82) is 0 Å². The fraction of sp³-hybridized carbons (Fsp3) is 0.444. The van der Waals surface area contributed by atoms with Gasteiger partial charge in [-0.15, -0.1) is 0 Å². The van der Waals surface area contributed by atoms with Crippen molar-refractivity contribution in [3.63, 3.8) is 0 Å². The van der Waals surface area contributed by atoms with Gasteiger partial charge in [0, 0.05) is 12.6 Å². The van der Waals surface area contributed by atoms with Crippen LogP contribution in [0.25, 0.3) is 11.3 Å². The van der Waals surface area contributed by atoms with Gasteiger partial charge in [0.1, 0.15) is 5.75 Å². The van der Waals surface area contributed by atoms with E-state index < -0.39 is 0 Å². The fourth-order valence-electron chi connectivity index (χ4n) is 2.42. The number of anilines is 1. The first-order valence-corrected chi connectivity index (χ1v) is 7.89. The average molecular weight is 315 g/mol. The molecule has 0 saturated heterocycles. The Morgan fingerprint density at radius 1 is 1.22 bits per heavy atom. The van der Waals surface area contributed by atoms with E-state index in [4.69, 9.17) is 9.47 Å². The minimum atomic E-state index is 0.443. The van der Waals surface area contributed by atoms with Crippen molar-refractivity contribution in [2.75, 3.05) is 26.1 Å². The zero-order chi connectivity index (χ0) is 17.0. The van der Waals surface area contributed by atoms with E-state index in [9.17, 15) is 0 Å². The number of methoxy groups -OCH3 is 1. The molecule has 5 heteroatoms. The summed E-state index contributed by atoms with van der Waals surface area (Å²) in [6.07, 6.45) is 0. The SMILES string of the molecule is CCOc1nc(C)c(-c2ccc(C(C)C)cc2OC)nc1NC. The lowest BCUT2D eigenvalue weighted by molar-refractivity contribution is 0.326. The highest BCUT2D eigenvalue weighted by Gasteiger charge is 2.17. The third kappa shape index (κ3) is 3.55. The maximum Gasteiger partial charge on any atom is 0.257 e. The molecule has 23 heavy (non-hydrogen) atoms. The first-order valence-electron chi connectivity index (χ1n) is 7.89. The zero-order valence-electron chi connectivity index (χ0n) is 14.7. The normalized spacial score (nSPS) is 10.7. The second-order valence-corrected chi connectivity index (χ2v) is 5.61. The molecule has 2 rings (SSSR count). The Bertz CT molecular complexity index is 684. The van der Waals surface area contributed by atoms with Crippen LogP contribution in [-0.2, 0) is 0 Å². The van der Waals surface area contributed by atoms with Crippen LogP contribution in [0, 0.1) is 6.92 Å². The number of rotatable bonds is 6. The van der Waals surface area contributed by atoms with Gasteiger partial charge >= 0.3 is 0 Å². The Hall–Kier alpha value is -2.30. The Kier molecular flexibility index (Phi) is 5.42. The molecule has 0 radical (unpaired) electrons. The van der Waals surface area contributed by atoms with Gasteiger partial charge in [-0.05, 0) is 37.5 Å². The highest BCUT2D eigenvalue weighted by Crippen LogP contribution is 2.35. The van der Waals surface area contributed by atoms with Crippen molar-refractivity contribution in [3.05, 3.63) is 29.5 Å². The molecule has 0 bridgehead atoms. The Balaban J connectivity index is 2.57. The summed E-state index contributed by atoms with van der Waals surface area (Å²) in [7, 11) is 3.49. The van der Waals surface area contributed by atoms with Crippen molar-refractivity contribution in [3.8, 4) is 22.9 Å². The molecule has 1 N–H and O–H groups in total. The highest BCUT2D eigenvalue weighted by molar-refractivity contribution is 5.71. The van der Waals surface area contributed by atoms with Crippen LogP contribution < -0.4 is 14.8 Å². The molecular formula is C18H25N3O2. The van der Waals surface area contributed by atoms with Gasteiger partial charge < -0.3 is 14.8 Å². The van der Waals surface area contributed by atoms with E-state index in [-0.39, 0.29) is 0 Å². The number of hydrogen-bond acceptors (Lipinski definition) is 5. The molecule has 0 aliphatic carbocycles. The maximum atomic E-state index is 5.58. The molecule has 1 aromatic carbocycles. The van der Waals surface area contributed by atoms with Crippen molar-refractivity contribution in [2.24, 2.45) is 0 Å². The van der Waals surface area contributed by atoms with Gasteiger partial charge in [0.25, 0.3) is 5.88 Å². The van der Waals surface area contributed by atoms with Crippen molar-refractivity contribution < 1.29 is 9.47 Å². The van der Waals surface area contributed by atoms with E-state index in [1.165, 1.54) is 5.56 Å². The van der Waals surface area contributed by atoms with Crippen LogP contribution >= 0.6 is 0 Å². The smallest absolute Gasteiger partial charge is 0.257 e. The van der Waals surface area contributed by atoms with Crippen LogP contribution in [0.4, 0.5) is 5.82 Å². The Morgan fingerprint density at radius 3 is 2.52 bits per heavy atom. The van der Waals surface area contributed by atoms with Gasteiger partial charge in [0.2, 0.25) is 0 Å². The largest absolute Gasteiger partial charge is 0.496 e. The molecule has 0 aliphatic heterocycles. The van der Waals surface area contributed by atoms with Gasteiger partial charge in [0.15, 0.2) is 5.82 Å². The quantitative estimate of drug-likeness (QED) is 0.872. The molecule has 0 atom stereocenters. The molecule has 0 aliphatic rings. The molecule has 0 spiro atoms. The van der Waals surface area contributed by atoms with Crippen LogP contribution in [0.2, 0.25) is 0 Å². The molecule has 0 unspecified atom stereocenters. The minimum absolute atomic E-state index is 0.443. The van der Waals surface area contributed by atoms with E-state index in [1.807, 2.05) is 27.0 Å². The lowest BCUT2D eigenvalue weighted by Crippen LogP contribution is -2.06. The van der Waals surface area contributed by atoms with Gasteiger partial charge in [-0.25, -0.2) is 9.97 Å². The number of hydrogen-bond donors (Lipinski definition) is 1. The van der Waals surface area contributed by atoms with Gasteiger partial charge in [-0.1, -0.05) is 19.9 Å². The van der Waals surface area contributed by atoms with Crippen LogP contribution in [0.3, 0.4) is 0 Å².